The van der Waals surface area contributed by atoms with Gasteiger partial charge < -0.3 is 25.4 Å². The largest absolute Gasteiger partial charge is 0.493 e. The molecule has 0 bridgehead atoms. The Morgan fingerprint density at radius 1 is 0.732 bits per heavy atom. The Labute approximate surface area is 242 Å². The van der Waals surface area contributed by atoms with Gasteiger partial charge in [0.15, 0.2) is 11.5 Å². The predicted molar refractivity (Wildman–Crippen MR) is 162 cm³/mol. The fourth-order valence-corrected chi connectivity index (χ4v) is 4.54. The van der Waals surface area contributed by atoms with Crippen molar-refractivity contribution >= 4 is 46.9 Å². The van der Waals surface area contributed by atoms with Gasteiger partial charge in [0.1, 0.15) is 5.70 Å². The van der Waals surface area contributed by atoms with E-state index in [1.165, 1.54) is 26.0 Å². The van der Waals surface area contributed by atoms with E-state index in [0.717, 1.165) is 10.6 Å². The average Bonchev–Trinajstić information content (AvgIpc) is 3.00. The minimum absolute atomic E-state index is 0.0337. The second kappa shape index (κ2) is 14.4. The third-order valence-electron chi connectivity index (χ3n) is 5.77. The molecule has 4 rings (SSSR count). The van der Waals surface area contributed by atoms with Crippen molar-refractivity contribution in [3.63, 3.8) is 0 Å². The third kappa shape index (κ3) is 8.48. The number of amides is 3. The van der Waals surface area contributed by atoms with Crippen molar-refractivity contribution in [2.24, 2.45) is 0 Å². The molecule has 9 heteroatoms. The lowest BCUT2D eigenvalue weighted by molar-refractivity contribution is -0.114. The van der Waals surface area contributed by atoms with E-state index in [4.69, 9.17) is 9.47 Å². The van der Waals surface area contributed by atoms with Gasteiger partial charge >= 0.3 is 0 Å². The van der Waals surface area contributed by atoms with Gasteiger partial charge in [-0.05, 0) is 66.2 Å². The number of rotatable bonds is 11. The third-order valence-corrected chi connectivity index (χ3v) is 6.76. The molecule has 0 saturated heterocycles. The molecule has 0 saturated carbocycles. The van der Waals surface area contributed by atoms with Crippen LogP contribution >= 0.6 is 11.8 Å². The number of carbonyl (C=O) groups is 3. The minimum atomic E-state index is -0.520. The average molecular weight is 568 g/mol. The molecule has 4 aromatic rings. The van der Waals surface area contributed by atoms with Crippen molar-refractivity contribution in [3.8, 4) is 11.5 Å². The second-order valence-corrected chi connectivity index (χ2v) is 9.73. The summed E-state index contributed by atoms with van der Waals surface area (Å²) < 4.78 is 10.7. The number of ether oxygens (including phenoxy) is 2. The van der Waals surface area contributed by atoms with Crippen molar-refractivity contribution in [1.29, 1.82) is 0 Å². The maximum atomic E-state index is 13.4. The zero-order chi connectivity index (χ0) is 29.0. The van der Waals surface area contributed by atoms with E-state index in [2.05, 4.69) is 16.0 Å². The molecular formula is C32H29N3O5S. The van der Waals surface area contributed by atoms with E-state index in [0.29, 0.717) is 28.3 Å². The second-order valence-electron chi connectivity index (χ2n) is 8.68. The summed E-state index contributed by atoms with van der Waals surface area (Å²) in [4.78, 5) is 39.5. The van der Waals surface area contributed by atoms with Crippen LogP contribution in [0, 0.1) is 0 Å². The molecule has 0 aliphatic rings. The molecule has 8 nitrogen and oxygen atoms in total. The van der Waals surface area contributed by atoms with E-state index >= 15 is 0 Å². The van der Waals surface area contributed by atoms with Crippen LogP contribution in [0.25, 0.3) is 6.08 Å². The van der Waals surface area contributed by atoms with Crippen molar-refractivity contribution in [2.75, 3.05) is 30.6 Å². The molecular weight excluding hydrogens is 538 g/mol. The molecule has 0 aliphatic heterocycles. The van der Waals surface area contributed by atoms with Gasteiger partial charge in [0.2, 0.25) is 5.91 Å². The number of nitrogens with one attached hydrogen (secondary N) is 3. The molecule has 0 fully saturated rings. The Kier molecular flexibility index (Phi) is 10.2. The summed E-state index contributed by atoms with van der Waals surface area (Å²) in [5.74, 6) is 0.130. The molecule has 0 unspecified atom stereocenters. The highest BCUT2D eigenvalue weighted by molar-refractivity contribution is 8.00. The van der Waals surface area contributed by atoms with E-state index in [9.17, 15) is 14.4 Å². The minimum Gasteiger partial charge on any atom is -0.493 e. The number of para-hydroxylation sites is 1. The van der Waals surface area contributed by atoms with Crippen LogP contribution in [-0.4, -0.2) is 37.7 Å². The summed E-state index contributed by atoms with van der Waals surface area (Å²) in [6.07, 6.45) is 1.56. The van der Waals surface area contributed by atoms with Gasteiger partial charge in [-0.3, -0.25) is 14.4 Å². The molecule has 3 amide bonds. The highest BCUT2D eigenvalue weighted by atomic mass is 32.2. The molecule has 208 valence electrons. The van der Waals surface area contributed by atoms with Crippen molar-refractivity contribution in [1.82, 2.24) is 5.32 Å². The zero-order valence-corrected chi connectivity index (χ0v) is 23.4. The number of methoxy groups -OCH3 is 2. The Morgan fingerprint density at radius 3 is 2.12 bits per heavy atom. The standard InChI is InChI=1S/C32H29N3O5S/c1-39-28-17-16-22(19-29(28)40-2)18-27(35-31(37)23-10-5-3-6-11-23)32(38)34-25-14-9-15-26(20-25)41-21-30(36)33-24-12-7-4-8-13-24/h3-20H,21H2,1-2H3,(H,33,36)(H,34,38)(H,35,37)/b27-18+. The highest BCUT2D eigenvalue weighted by Gasteiger charge is 2.16. The maximum absolute atomic E-state index is 13.4. The zero-order valence-electron chi connectivity index (χ0n) is 22.5. The lowest BCUT2D eigenvalue weighted by Crippen LogP contribution is -2.30. The lowest BCUT2D eigenvalue weighted by Gasteiger charge is -2.13. The normalized spacial score (nSPS) is 10.8. The van der Waals surface area contributed by atoms with Crippen LogP contribution in [0.5, 0.6) is 11.5 Å². The van der Waals surface area contributed by atoms with Gasteiger partial charge in [-0.2, -0.15) is 0 Å². The predicted octanol–water partition coefficient (Wildman–Crippen LogP) is 5.84. The number of carbonyl (C=O) groups excluding carboxylic acids is 3. The van der Waals surface area contributed by atoms with Crippen LogP contribution in [0.2, 0.25) is 0 Å². The fourth-order valence-electron chi connectivity index (χ4n) is 3.78. The van der Waals surface area contributed by atoms with Crippen LogP contribution in [0.4, 0.5) is 11.4 Å². The van der Waals surface area contributed by atoms with Gasteiger partial charge in [-0.1, -0.05) is 48.5 Å². The first-order valence-corrected chi connectivity index (χ1v) is 13.6. The first-order chi connectivity index (χ1) is 19.9. The smallest absolute Gasteiger partial charge is 0.272 e. The summed E-state index contributed by atoms with van der Waals surface area (Å²) >= 11 is 1.34. The molecule has 3 N–H and O–H groups in total. The van der Waals surface area contributed by atoms with E-state index in [1.54, 1.807) is 72.8 Å². The van der Waals surface area contributed by atoms with Gasteiger partial charge in [-0.15, -0.1) is 11.8 Å². The van der Waals surface area contributed by atoms with Crippen LogP contribution < -0.4 is 25.4 Å². The number of hydrogen-bond acceptors (Lipinski definition) is 6. The van der Waals surface area contributed by atoms with Gasteiger partial charge in [0.05, 0.1) is 20.0 Å². The van der Waals surface area contributed by atoms with Crippen molar-refractivity contribution in [2.45, 2.75) is 4.90 Å². The number of thioether (sulfide) groups is 1. The molecule has 0 heterocycles. The van der Waals surface area contributed by atoms with Gasteiger partial charge in [-0.25, -0.2) is 0 Å². The summed E-state index contributed by atoms with van der Waals surface area (Å²) in [7, 11) is 3.06. The number of benzene rings is 4. The van der Waals surface area contributed by atoms with Gasteiger partial charge in [0, 0.05) is 21.8 Å². The van der Waals surface area contributed by atoms with Gasteiger partial charge in [0.25, 0.3) is 11.8 Å². The van der Waals surface area contributed by atoms with Crippen LogP contribution in [0.3, 0.4) is 0 Å². The highest BCUT2D eigenvalue weighted by Crippen LogP contribution is 2.28. The van der Waals surface area contributed by atoms with Crippen LogP contribution in [-0.2, 0) is 9.59 Å². The Bertz CT molecular complexity index is 1540. The molecule has 0 spiro atoms. The summed E-state index contributed by atoms with van der Waals surface area (Å²) in [5.41, 5.74) is 2.30. The first-order valence-electron chi connectivity index (χ1n) is 12.6. The summed E-state index contributed by atoms with van der Waals surface area (Å²) in [6.45, 7) is 0. The maximum Gasteiger partial charge on any atom is 0.272 e. The number of hydrogen-bond donors (Lipinski definition) is 3. The molecule has 0 radical (unpaired) electrons. The molecule has 4 aromatic carbocycles. The van der Waals surface area contributed by atoms with E-state index < -0.39 is 11.8 Å². The van der Waals surface area contributed by atoms with Crippen LogP contribution in [0.15, 0.2) is 114 Å². The fraction of sp³-hybridized carbons (Fsp3) is 0.0938. The molecule has 0 aromatic heterocycles. The monoisotopic (exact) mass is 567 g/mol. The topological polar surface area (TPSA) is 106 Å². The Morgan fingerprint density at radius 2 is 1.41 bits per heavy atom. The quantitative estimate of drug-likeness (QED) is 0.155. The van der Waals surface area contributed by atoms with E-state index in [-0.39, 0.29) is 17.4 Å². The van der Waals surface area contributed by atoms with E-state index in [1.807, 2.05) is 36.4 Å². The first kappa shape index (κ1) is 29.0. The van der Waals surface area contributed by atoms with Crippen molar-refractivity contribution in [3.05, 3.63) is 120 Å². The lowest BCUT2D eigenvalue weighted by atomic mass is 10.1. The SMILES string of the molecule is COc1ccc(/C=C(/NC(=O)c2ccccc2)C(=O)Nc2cccc(SCC(=O)Nc3ccccc3)c2)cc1OC. The summed E-state index contributed by atoms with van der Waals surface area (Å²) in [6, 6.07) is 30.2. The van der Waals surface area contributed by atoms with Crippen LogP contribution in [0.1, 0.15) is 15.9 Å². The molecule has 0 atom stereocenters. The van der Waals surface area contributed by atoms with Crippen molar-refractivity contribution < 1.29 is 23.9 Å². The molecule has 0 aliphatic carbocycles. The Balaban J connectivity index is 1.50. The Hall–Kier alpha value is -5.02. The summed E-state index contributed by atoms with van der Waals surface area (Å²) in [5, 5.41) is 8.42. The number of anilines is 2. The molecule has 41 heavy (non-hydrogen) atoms.